The van der Waals surface area contributed by atoms with Crippen LogP contribution in [0.4, 0.5) is 8.78 Å². The molecule has 3 aromatic rings. The fraction of sp³-hybridized carbons (Fsp3) is 0.391. The Kier molecular flexibility index (Phi) is 18.9. The molecule has 10 amide bonds. The monoisotopic (exact) mass is 962 g/mol. The summed E-state index contributed by atoms with van der Waals surface area (Å²) in [5.74, 6) is -10.4. The van der Waals surface area contributed by atoms with Gasteiger partial charge in [0.05, 0.1) is 18.9 Å². The van der Waals surface area contributed by atoms with Crippen molar-refractivity contribution in [2.75, 3.05) is 32.8 Å². The van der Waals surface area contributed by atoms with Gasteiger partial charge in [-0.25, -0.2) is 8.78 Å². The van der Waals surface area contributed by atoms with E-state index in [2.05, 4.69) is 26.6 Å². The molecule has 1 aliphatic rings. The highest BCUT2D eigenvalue weighted by molar-refractivity contribution is 6.14. The second kappa shape index (κ2) is 24.3. The number of carbonyl (C=O) groups excluding carboxylic acids is 10. The van der Waals surface area contributed by atoms with Gasteiger partial charge in [0.15, 0.2) is 0 Å². The summed E-state index contributed by atoms with van der Waals surface area (Å²) in [5.41, 5.74) is 11.2. The number of hydrogen-bond donors (Lipinski definition) is 8. The van der Waals surface area contributed by atoms with Crippen molar-refractivity contribution in [3.8, 4) is 11.1 Å². The number of nitrogens with zero attached hydrogens (tertiary/aromatic N) is 3. The molecule has 2 heterocycles. The molecule has 0 saturated carbocycles. The number of benzene rings is 2. The van der Waals surface area contributed by atoms with Crippen LogP contribution in [-0.2, 0) is 54.5 Å². The number of carbonyl (C=O) groups is 10. The van der Waals surface area contributed by atoms with Gasteiger partial charge in [-0.15, -0.1) is 0 Å². The Labute approximate surface area is 395 Å². The molecule has 23 heteroatoms. The summed E-state index contributed by atoms with van der Waals surface area (Å²) in [5, 5.41) is 22.3. The van der Waals surface area contributed by atoms with Crippen LogP contribution in [0.3, 0.4) is 0 Å². The third-order valence-corrected chi connectivity index (χ3v) is 10.6. The largest absolute Gasteiger partial charge is 0.387 e. The summed E-state index contributed by atoms with van der Waals surface area (Å²) in [6.45, 7) is 4.04. The number of imide groups is 1. The number of rotatable bonds is 24. The van der Waals surface area contributed by atoms with Gasteiger partial charge in [-0.3, -0.25) is 52.8 Å². The highest BCUT2D eigenvalue weighted by atomic mass is 19.1. The van der Waals surface area contributed by atoms with E-state index in [0.717, 1.165) is 42.8 Å². The fourth-order valence-electron chi connectivity index (χ4n) is 7.55. The molecule has 370 valence electrons. The molecule has 0 aliphatic carbocycles. The third kappa shape index (κ3) is 15.6. The normalized spacial score (nSPS) is 14.0. The van der Waals surface area contributed by atoms with Crippen molar-refractivity contribution in [2.24, 2.45) is 16.9 Å². The number of aliphatic hydroxyl groups excluding tert-OH is 1. The molecule has 2 aromatic carbocycles. The lowest BCUT2D eigenvalue weighted by molar-refractivity contribution is -0.141. The van der Waals surface area contributed by atoms with E-state index in [4.69, 9.17) is 11.5 Å². The maximum absolute atomic E-state index is 15.3. The van der Waals surface area contributed by atoms with Crippen LogP contribution in [-0.4, -0.2) is 129 Å². The van der Waals surface area contributed by atoms with Crippen LogP contribution in [0.25, 0.3) is 11.1 Å². The molecule has 0 radical (unpaired) electrons. The van der Waals surface area contributed by atoms with Crippen molar-refractivity contribution in [3.05, 3.63) is 95.8 Å². The van der Waals surface area contributed by atoms with E-state index in [1.54, 1.807) is 49.7 Å². The van der Waals surface area contributed by atoms with Crippen LogP contribution in [0.5, 0.6) is 0 Å². The van der Waals surface area contributed by atoms with Crippen LogP contribution in [0.2, 0.25) is 0 Å². The van der Waals surface area contributed by atoms with Gasteiger partial charge in [-0.05, 0) is 41.7 Å². The van der Waals surface area contributed by atoms with Crippen molar-refractivity contribution < 1.29 is 61.8 Å². The number of aliphatic hydroxyl groups is 1. The molecule has 1 aromatic heterocycles. The highest BCUT2D eigenvalue weighted by Crippen LogP contribution is 2.41. The van der Waals surface area contributed by atoms with Gasteiger partial charge in [0.2, 0.25) is 47.3 Å². The summed E-state index contributed by atoms with van der Waals surface area (Å²) in [6, 6.07) is 7.67. The van der Waals surface area contributed by atoms with Crippen LogP contribution in [0, 0.1) is 17.0 Å². The predicted octanol–water partition coefficient (Wildman–Crippen LogP) is -0.838. The smallest absolute Gasteiger partial charge is 0.254 e. The van der Waals surface area contributed by atoms with E-state index in [9.17, 15) is 57.4 Å². The fourth-order valence-corrected chi connectivity index (χ4v) is 7.55. The van der Waals surface area contributed by atoms with Gasteiger partial charge in [-0.2, -0.15) is 0 Å². The summed E-state index contributed by atoms with van der Waals surface area (Å²) in [6.07, 6.45) is 1.63. The lowest BCUT2D eigenvalue weighted by Gasteiger charge is -2.41. The molecule has 4 rings (SSSR count). The van der Waals surface area contributed by atoms with Crippen LogP contribution in [0.1, 0.15) is 64.3 Å². The molecule has 3 unspecified atom stereocenters. The summed E-state index contributed by atoms with van der Waals surface area (Å²) in [4.78, 5) is 129. The molecule has 69 heavy (non-hydrogen) atoms. The van der Waals surface area contributed by atoms with Gasteiger partial charge >= 0.3 is 0 Å². The second-order valence-electron chi connectivity index (χ2n) is 17.1. The Balaban J connectivity index is 1.71. The van der Waals surface area contributed by atoms with Crippen LogP contribution in [0.15, 0.2) is 72.9 Å². The van der Waals surface area contributed by atoms with Gasteiger partial charge in [0, 0.05) is 68.3 Å². The SMILES string of the molecule is CC(=O)N[C@H](CC(N)=O)C(=O)NC(CC(N)=O)C(=O)NC(CCN(C(=O)CO)C(c1cc(-c2cc(F)ccc2F)cn1Cc1ccccc1)C(C)(C)C)C(=O)NCCNC(=O)CN1C(=O)C=CC1=O. The quantitative estimate of drug-likeness (QED) is 0.0405. The van der Waals surface area contributed by atoms with Gasteiger partial charge in [0.1, 0.15) is 42.9 Å². The molecule has 0 saturated heterocycles. The summed E-state index contributed by atoms with van der Waals surface area (Å²) in [7, 11) is 0. The molecule has 10 N–H and O–H groups in total. The number of halogens is 2. The van der Waals surface area contributed by atoms with Crippen molar-refractivity contribution in [2.45, 2.75) is 77.7 Å². The Bertz CT molecular complexity index is 2440. The van der Waals surface area contributed by atoms with Crippen molar-refractivity contribution in [1.29, 1.82) is 0 Å². The molecule has 21 nitrogen and oxygen atoms in total. The number of aromatic nitrogens is 1. The van der Waals surface area contributed by atoms with Gasteiger partial charge < -0.3 is 52.6 Å². The van der Waals surface area contributed by atoms with E-state index < -0.39 is 139 Å². The Hall–Kier alpha value is -7.82. The Morgan fingerprint density at radius 3 is 1.91 bits per heavy atom. The zero-order valence-corrected chi connectivity index (χ0v) is 38.4. The number of nitrogens with two attached hydrogens (primary N) is 2. The third-order valence-electron chi connectivity index (χ3n) is 10.6. The predicted molar refractivity (Wildman–Crippen MR) is 242 cm³/mol. The summed E-state index contributed by atoms with van der Waals surface area (Å²) < 4.78 is 31.6. The summed E-state index contributed by atoms with van der Waals surface area (Å²) >= 11 is 0. The lowest BCUT2D eigenvalue weighted by atomic mass is 9.82. The van der Waals surface area contributed by atoms with E-state index in [1.165, 1.54) is 4.90 Å². The minimum absolute atomic E-state index is 0.0722. The van der Waals surface area contributed by atoms with Gasteiger partial charge in [0.25, 0.3) is 11.8 Å². The first-order valence-electron chi connectivity index (χ1n) is 21.6. The molecular formula is C46H56F2N10O11. The van der Waals surface area contributed by atoms with Crippen molar-refractivity contribution in [3.63, 3.8) is 0 Å². The lowest BCUT2D eigenvalue weighted by Crippen LogP contribution is -2.58. The zero-order chi connectivity index (χ0) is 51.2. The van der Waals surface area contributed by atoms with Crippen molar-refractivity contribution in [1.82, 2.24) is 41.0 Å². The highest BCUT2D eigenvalue weighted by Gasteiger charge is 2.39. The number of primary amides is 2. The zero-order valence-electron chi connectivity index (χ0n) is 38.4. The molecule has 0 fully saturated rings. The molecular weight excluding hydrogens is 907 g/mol. The van der Waals surface area contributed by atoms with Crippen LogP contribution >= 0.6 is 0 Å². The standard InChI is InChI=1S/C46H56F2N10O11/c1-26(60)53-33(20-36(49)61)44(68)55-34(21-37(50)62)45(69)54-32(43(67)52-16-15-51-38(63)24-58-39(64)12-13-40(58)65)14-17-57(41(66)25-59)42(46(2,3)4)35-18-28(30-19-29(47)10-11-31(30)48)23-56(35)22-27-8-6-5-7-9-27/h5-13,18-19,23,32-34,42,59H,14-17,20-22,24-25H2,1-4H3,(H2,49,61)(H2,50,62)(H,51,63)(H,52,67)(H,53,60)(H,54,69)(H,55,68)/t32?,33-,34?,42?/m1/s1. The Morgan fingerprint density at radius 1 is 0.768 bits per heavy atom. The molecule has 1 aliphatic heterocycles. The molecule has 0 spiro atoms. The Morgan fingerprint density at radius 2 is 1.35 bits per heavy atom. The minimum Gasteiger partial charge on any atom is -0.387 e. The molecule has 0 bridgehead atoms. The number of amides is 10. The molecule has 4 atom stereocenters. The first-order valence-corrected chi connectivity index (χ1v) is 21.6. The number of nitrogens with one attached hydrogen (secondary N) is 5. The topological polar surface area (TPSA) is 315 Å². The average Bonchev–Trinajstić information content (AvgIpc) is 3.82. The van der Waals surface area contributed by atoms with E-state index >= 15 is 4.39 Å². The number of hydrogen-bond acceptors (Lipinski definition) is 11. The van der Waals surface area contributed by atoms with E-state index in [1.807, 2.05) is 18.2 Å². The first kappa shape index (κ1) is 53.8. The van der Waals surface area contributed by atoms with Crippen LogP contribution < -0.4 is 38.1 Å². The van der Waals surface area contributed by atoms with E-state index in [0.29, 0.717) is 10.6 Å². The average molecular weight is 963 g/mol. The minimum atomic E-state index is -1.81. The first-order chi connectivity index (χ1) is 32.5. The maximum atomic E-state index is 15.3. The van der Waals surface area contributed by atoms with Gasteiger partial charge in [-0.1, -0.05) is 51.1 Å². The van der Waals surface area contributed by atoms with E-state index in [-0.39, 0.29) is 30.8 Å². The van der Waals surface area contributed by atoms with Crippen molar-refractivity contribution >= 4 is 59.1 Å². The maximum Gasteiger partial charge on any atom is 0.254 e. The second-order valence-corrected chi connectivity index (χ2v) is 17.1.